The third-order valence-corrected chi connectivity index (χ3v) is 2.97. The lowest BCUT2D eigenvalue weighted by Crippen LogP contribution is -1.94. The van der Waals surface area contributed by atoms with E-state index >= 15 is 0 Å². The molecule has 4 heteroatoms. The smallest absolute Gasteiger partial charge is 0.192 e. The number of nitrogens with zero attached hydrogens (tertiary/aromatic N) is 3. The number of hydrogen-bond acceptors (Lipinski definition) is 1. The molecule has 1 heterocycles. The second kappa shape index (κ2) is 5.95. The van der Waals surface area contributed by atoms with Crippen molar-refractivity contribution in [2.45, 2.75) is 0 Å². The second-order valence-electron chi connectivity index (χ2n) is 4.57. The fourth-order valence-corrected chi connectivity index (χ4v) is 1.95. The maximum Gasteiger partial charge on any atom is 0.192 e. The Bertz CT molecular complexity index is 909. The van der Waals surface area contributed by atoms with Crippen LogP contribution < -0.4 is 0 Å². The van der Waals surface area contributed by atoms with Gasteiger partial charge in [-0.05, 0) is 30.3 Å². The van der Waals surface area contributed by atoms with Crippen LogP contribution in [0.25, 0.3) is 10.5 Å². The Balaban J connectivity index is 1.90. The van der Waals surface area contributed by atoms with E-state index in [0.29, 0.717) is 5.69 Å². The fourth-order valence-electron chi connectivity index (χ4n) is 1.95. The van der Waals surface area contributed by atoms with Gasteiger partial charge in [-0.2, -0.15) is 5.10 Å². The van der Waals surface area contributed by atoms with Gasteiger partial charge in [0, 0.05) is 11.8 Å². The lowest BCUT2D eigenvalue weighted by atomic mass is 10.2. The zero-order valence-electron chi connectivity index (χ0n) is 11.5. The lowest BCUT2D eigenvalue weighted by molar-refractivity contribution is 0.626. The van der Waals surface area contributed by atoms with Crippen LogP contribution in [-0.4, -0.2) is 9.78 Å². The predicted molar refractivity (Wildman–Crippen MR) is 82.2 cm³/mol. The van der Waals surface area contributed by atoms with Crippen molar-refractivity contribution < 1.29 is 4.39 Å². The van der Waals surface area contributed by atoms with E-state index < -0.39 is 5.82 Å². The molecule has 0 spiro atoms. The number of hydrogen-bond donors (Lipinski definition) is 0. The second-order valence-corrected chi connectivity index (χ2v) is 4.57. The van der Waals surface area contributed by atoms with Gasteiger partial charge >= 0.3 is 0 Å². The molecule has 104 valence electrons. The Morgan fingerprint density at radius 3 is 2.59 bits per heavy atom. The van der Waals surface area contributed by atoms with E-state index in [1.165, 1.54) is 16.8 Å². The summed E-state index contributed by atoms with van der Waals surface area (Å²) in [6.07, 6.45) is 3.32. The van der Waals surface area contributed by atoms with Crippen LogP contribution >= 0.6 is 0 Å². The van der Waals surface area contributed by atoms with Crippen LogP contribution in [0, 0.1) is 24.2 Å². The standard InChI is InChI=1S/C18H10FN3/c1-20-17-9-16(19)10-18(11-17)22-13-15(12-21-22)8-7-14-5-3-2-4-6-14/h2-6,9-13H. The first-order chi connectivity index (χ1) is 10.7. The molecule has 0 atom stereocenters. The van der Waals surface area contributed by atoms with Crippen LogP contribution in [0.2, 0.25) is 0 Å². The van der Waals surface area contributed by atoms with Gasteiger partial charge in [0.25, 0.3) is 0 Å². The van der Waals surface area contributed by atoms with E-state index in [4.69, 9.17) is 6.57 Å². The van der Waals surface area contributed by atoms with Crippen molar-refractivity contribution in [3.63, 3.8) is 0 Å². The van der Waals surface area contributed by atoms with Crippen LogP contribution in [-0.2, 0) is 0 Å². The highest BCUT2D eigenvalue weighted by Gasteiger charge is 2.04. The molecule has 0 N–H and O–H groups in total. The van der Waals surface area contributed by atoms with Gasteiger partial charge in [0.05, 0.1) is 24.0 Å². The van der Waals surface area contributed by atoms with Gasteiger partial charge in [0.15, 0.2) is 5.69 Å². The molecular weight excluding hydrogens is 277 g/mol. The van der Waals surface area contributed by atoms with E-state index in [-0.39, 0.29) is 5.69 Å². The summed E-state index contributed by atoms with van der Waals surface area (Å²) >= 11 is 0. The van der Waals surface area contributed by atoms with Crippen LogP contribution in [0.5, 0.6) is 0 Å². The zero-order valence-corrected chi connectivity index (χ0v) is 11.5. The first-order valence-corrected chi connectivity index (χ1v) is 6.55. The van der Waals surface area contributed by atoms with Crippen molar-refractivity contribution in [2.75, 3.05) is 0 Å². The molecule has 0 saturated heterocycles. The summed E-state index contributed by atoms with van der Waals surface area (Å²) in [6.45, 7) is 6.97. The predicted octanol–water partition coefficient (Wildman–Crippen LogP) is 3.96. The summed E-state index contributed by atoms with van der Waals surface area (Å²) in [4.78, 5) is 3.24. The molecule has 3 rings (SSSR count). The van der Waals surface area contributed by atoms with Crippen molar-refractivity contribution >= 4 is 5.69 Å². The van der Waals surface area contributed by atoms with Crippen molar-refractivity contribution in [1.82, 2.24) is 9.78 Å². The molecule has 0 fully saturated rings. The van der Waals surface area contributed by atoms with E-state index in [2.05, 4.69) is 21.8 Å². The molecule has 0 amide bonds. The van der Waals surface area contributed by atoms with Crippen molar-refractivity contribution in [3.8, 4) is 17.5 Å². The van der Waals surface area contributed by atoms with Crippen molar-refractivity contribution in [1.29, 1.82) is 0 Å². The maximum absolute atomic E-state index is 13.5. The van der Waals surface area contributed by atoms with Crippen LogP contribution in [0.1, 0.15) is 11.1 Å². The molecule has 0 aliphatic rings. The topological polar surface area (TPSA) is 22.2 Å². The summed E-state index contributed by atoms with van der Waals surface area (Å²) in [5.41, 5.74) is 2.37. The number of rotatable bonds is 1. The fraction of sp³-hybridized carbons (Fsp3) is 0. The molecule has 2 aromatic carbocycles. The van der Waals surface area contributed by atoms with E-state index in [1.54, 1.807) is 18.5 Å². The molecular formula is C18H10FN3. The third kappa shape index (κ3) is 3.03. The number of benzene rings is 2. The molecule has 3 nitrogen and oxygen atoms in total. The maximum atomic E-state index is 13.5. The normalized spacial score (nSPS) is 9.64. The Morgan fingerprint density at radius 1 is 1.05 bits per heavy atom. The summed E-state index contributed by atoms with van der Waals surface area (Å²) in [5, 5.41) is 4.16. The first kappa shape index (κ1) is 13.6. The zero-order chi connectivity index (χ0) is 15.4. The molecule has 0 aliphatic heterocycles. The van der Waals surface area contributed by atoms with Gasteiger partial charge < -0.3 is 0 Å². The molecule has 0 aliphatic carbocycles. The van der Waals surface area contributed by atoms with Crippen LogP contribution in [0.4, 0.5) is 10.1 Å². The number of aromatic nitrogens is 2. The highest BCUT2D eigenvalue weighted by atomic mass is 19.1. The monoisotopic (exact) mass is 287 g/mol. The Labute approximate surface area is 127 Å². The Morgan fingerprint density at radius 2 is 1.82 bits per heavy atom. The molecule has 0 saturated carbocycles. The van der Waals surface area contributed by atoms with Gasteiger partial charge in [0.2, 0.25) is 0 Å². The Hall–Kier alpha value is -3.37. The van der Waals surface area contributed by atoms with E-state index in [0.717, 1.165) is 11.1 Å². The summed E-state index contributed by atoms with van der Waals surface area (Å²) < 4.78 is 15.0. The highest BCUT2D eigenvalue weighted by Crippen LogP contribution is 2.19. The van der Waals surface area contributed by atoms with Gasteiger partial charge in [-0.3, -0.25) is 0 Å². The molecule has 0 radical (unpaired) electrons. The molecule has 3 aromatic rings. The van der Waals surface area contributed by atoms with Gasteiger partial charge in [0.1, 0.15) is 5.82 Å². The summed E-state index contributed by atoms with van der Waals surface area (Å²) in [7, 11) is 0. The molecule has 1 aromatic heterocycles. The molecule has 22 heavy (non-hydrogen) atoms. The van der Waals surface area contributed by atoms with Gasteiger partial charge in [-0.15, -0.1) is 0 Å². The third-order valence-electron chi connectivity index (χ3n) is 2.97. The van der Waals surface area contributed by atoms with Gasteiger partial charge in [-0.25, -0.2) is 13.9 Å². The van der Waals surface area contributed by atoms with E-state index in [9.17, 15) is 4.39 Å². The van der Waals surface area contributed by atoms with Crippen molar-refractivity contribution in [2.24, 2.45) is 0 Å². The quantitative estimate of drug-likeness (QED) is 0.490. The molecule has 0 unspecified atom stereocenters. The largest absolute Gasteiger partial charge is 0.241 e. The van der Waals surface area contributed by atoms with Crippen LogP contribution in [0.15, 0.2) is 60.9 Å². The van der Waals surface area contributed by atoms with Crippen LogP contribution in [0.3, 0.4) is 0 Å². The average molecular weight is 287 g/mol. The SMILES string of the molecule is [C-]#[N+]c1cc(F)cc(-n2cc(C#Cc3ccccc3)cn2)c1. The van der Waals surface area contributed by atoms with Crippen molar-refractivity contribution in [3.05, 3.63) is 89.3 Å². The highest BCUT2D eigenvalue weighted by molar-refractivity contribution is 5.52. The molecule has 0 bridgehead atoms. The minimum Gasteiger partial charge on any atom is -0.241 e. The minimum absolute atomic E-state index is 0.238. The van der Waals surface area contributed by atoms with E-state index in [1.807, 2.05) is 30.3 Å². The Kier molecular flexibility index (Phi) is 3.68. The number of halogens is 1. The lowest BCUT2D eigenvalue weighted by Gasteiger charge is -2.01. The average Bonchev–Trinajstić information content (AvgIpc) is 3.02. The minimum atomic E-state index is -0.462. The first-order valence-electron chi connectivity index (χ1n) is 6.55. The summed E-state index contributed by atoms with van der Waals surface area (Å²) in [5.74, 6) is 5.58. The summed E-state index contributed by atoms with van der Waals surface area (Å²) in [6, 6.07) is 13.7. The van der Waals surface area contributed by atoms with Gasteiger partial charge in [-0.1, -0.05) is 30.0 Å².